The molecule has 186 valence electrons. The van der Waals surface area contributed by atoms with Gasteiger partial charge in [-0.25, -0.2) is 13.9 Å². The van der Waals surface area contributed by atoms with Crippen molar-refractivity contribution < 1.29 is 32.4 Å². The van der Waals surface area contributed by atoms with E-state index in [4.69, 9.17) is 9.15 Å². The monoisotopic (exact) mass is 509 g/mol. The molecular weight excluding hydrogens is 486 g/mol. The highest BCUT2D eigenvalue weighted by Crippen LogP contribution is 2.32. The fourth-order valence-electron chi connectivity index (χ4n) is 3.86. The number of furan rings is 1. The highest BCUT2D eigenvalue weighted by atomic mass is 32.2. The van der Waals surface area contributed by atoms with Crippen molar-refractivity contribution in [2.75, 3.05) is 18.1 Å². The van der Waals surface area contributed by atoms with Crippen molar-refractivity contribution in [2.45, 2.75) is 24.4 Å². The Labute approximate surface area is 208 Å². The van der Waals surface area contributed by atoms with Crippen LogP contribution in [-0.4, -0.2) is 48.9 Å². The molecule has 36 heavy (non-hydrogen) atoms. The fourth-order valence-corrected chi connectivity index (χ4v) is 5.42. The summed E-state index contributed by atoms with van der Waals surface area (Å²) in [4.78, 5) is 27.3. The summed E-state index contributed by atoms with van der Waals surface area (Å²) in [6, 6.07) is 12.5. The molecule has 0 spiro atoms. The van der Waals surface area contributed by atoms with Crippen LogP contribution in [-0.2, 0) is 21.4 Å². The lowest BCUT2D eigenvalue weighted by atomic mass is 10.1. The number of sulfonamides is 1. The Morgan fingerprint density at radius 2 is 1.92 bits per heavy atom. The zero-order valence-corrected chi connectivity index (χ0v) is 20.1. The summed E-state index contributed by atoms with van der Waals surface area (Å²) in [6.07, 6.45) is 2.61. The van der Waals surface area contributed by atoms with E-state index in [9.17, 15) is 23.2 Å². The Morgan fingerprint density at radius 3 is 2.58 bits per heavy atom. The van der Waals surface area contributed by atoms with Crippen LogP contribution in [0.3, 0.4) is 0 Å². The van der Waals surface area contributed by atoms with Gasteiger partial charge < -0.3 is 14.1 Å². The van der Waals surface area contributed by atoms with Crippen molar-refractivity contribution in [3.8, 4) is 17.6 Å². The normalized spacial score (nSPS) is 15.7. The van der Waals surface area contributed by atoms with Gasteiger partial charge in [-0.1, -0.05) is 24.1 Å². The quantitative estimate of drug-likeness (QED) is 0.297. The van der Waals surface area contributed by atoms with Crippen molar-refractivity contribution in [3.63, 3.8) is 0 Å². The van der Waals surface area contributed by atoms with Gasteiger partial charge >= 0.3 is 0 Å². The summed E-state index contributed by atoms with van der Waals surface area (Å²) in [5.41, 5.74) is 2.72. The molecule has 2 aromatic carbocycles. The third kappa shape index (κ3) is 4.96. The van der Waals surface area contributed by atoms with Crippen LogP contribution in [0.1, 0.15) is 22.8 Å². The highest BCUT2D eigenvalue weighted by molar-refractivity contribution is 7.89. The molecule has 0 radical (unpaired) electrons. The number of amides is 2. The van der Waals surface area contributed by atoms with Crippen molar-refractivity contribution in [1.82, 2.24) is 9.79 Å². The molecule has 0 saturated heterocycles. The number of nitrogens with zero attached hydrogens (tertiary/aromatic N) is 2. The molecule has 3 aromatic rings. The average Bonchev–Trinajstić information content (AvgIpc) is 3.37. The van der Waals surface area contributed by atoms with Crippen LogP contribution in [0.15, 0.2) is 76.4 Å². The zero-order valence-electron chi connectivity index (χ0n) is 19.2. The summed E-state index contributed by atoms with van der Waals surface area (Å²) in [5.74, 6) is 4.42. The third-order valence-corrected chi connectivity index (χ3v) is 7.52. The number of carbonyl (C=O) groups is 2. The molecule has 1 aliphatic heterocycles. The van der Waals surface area contributed by atoms with E-state index in [1.807, 2.05) is 0 Å². The van der Waals surface area contributed by atoms with Gasteiger partial charge in [0, 0.05) is 12.2 Å². The first-order chi connectivity index (χ1) is 17.4. The number of hydrogen-bond acceptors (Lipinski definition) is 7. The van der Waals surface area contributed by atoms with Crippen molar-refractivity contribution in [2.24, 2.45) is 0 Å². The molecule has 0 aliphatic carbocycles. The number of ether oxygens (including phenoxy) is 1. The van der Waals surface area contributed by atoms with Gasteiger partial charge in [-0.15, -0.1) is 5.92 Å². The number of rotatable bonds is 6. The molecular formula is C25H23N3O7S. The minimum Gasteiger partial charge on any atom is -0.481 e. The number of anilines is 1. The average molecular weight is 510 g/mol. The zero-order chi connectivity index (χ0) is 25.7. The Bertz CT molecular complexity index is 1410. The number of para-hydroxylation sites is 1. The Kier molecular flexibility index (Phi) is 7.40. The van der Waals surface area contributed by atoms with Crippen LogP contribution in [0.2, 0.25) is 0 Å². The second kappa shape index (κ2) is 10.7. The van der Waals surface area contributed by atoms with Gasteiger partial charge in [-0.05, 0) is 48.9 Å². The van der Waals surface area contributed by atoms with Gasteiger partial charge in [-0.2, -0.15) is 4.31 Å². The van der Waals surface area contributed by atoms with E-state index in [2.05, 4.69) is 11.8 Å². The fraction of sp³-hybridized carbons (Fsp3) is 0.200. The maximum Gasteiger partial charge on any atom is 0.263 e. The second-order valence-electron chi connectivity index (χ2n) is 7.79. The van der Waals surface area contributed by atoms with Crippen molar-refractivity contribution >= 4 is 27.5 Å². The number of hydroxylamine groups is 1. The number of benzene rings is 2. The lowest BCUT2D eigenvalue weighted by Gasteiger charge is -2.29. The summed E-state index contributed by atoms with van der Waals surface area (Å²) in [7, 11) is -4.26. The van der Waals surface area contributed by atoms with Gasteiger partial charge in [0.15, 0.2) is 0 Å². The molecule has 1 unspecified atom stereocenters. The van der Waals surface area contributed by atoms with Gasteiger partial charge in [0.25, 0.3) is 11.8 Å². The highest BCUT2D eigenvalue weighted by Gasteiger charge is 2.41. The second-order valence-corrected chi connectivity index (χ2v) is 9.68. The smallest absolute Gasteiger partial charge is 0.263 e. The van der Waals surface area contributed by atoms with Crippen LogP contribution in [0.25, 0.3) is 0 Å². The summed E-state index contributed by atoms with van der Waals surface area (Å²) in [6.45, 7) is 1.28. The summed E-state index contributed by atoms with van der Waals surface area (Å²) >= 11 is 0. The van der Waals surface area contributed by atoms with Gasteiger partial charge in [0.2, 0.25) is 10.0 Å². The van der Waals surface area contributed by atoms with E-state index < -0.39 is 27.9 Å². The van der Waals surface area contributed by atoms with Crippen LogP contribution >= 0.6 is 0 Å². The summed E-state index contributed by atoms with van der Waals surface area (Å²) < 4.78 is 38.9. The van der Waals surface area contributed by atoms with Crippen LogP contribution in [0.4, 0.5) is 5.69 Å². The topological polar surface area (TPSA) is 129 Å². The van der Waals surface area contributed by atoms with Gasteiger partial charge in [0.05, 0.1) is 23.3 Å². The molecule has 10 nitrogen and oxygen atoms in total. The molecule has 0 bridgehead atoms. The van der Waals surface area contributed by atoms with Crippen LogP contribution < -0.4 is 15.1 Å². The standard InChI is InChI=1S/C25H23N3O7S/c1-2-3-13-35-20-8-10-21(11-9-20)36(32,33)28-15-18-6-4-5-7-22(18)27(16-23(28)24(29)26-31)25(30)19-12-14-34-17-19/h4-12,14,17,23,31H,13,15-16H2,1H3,(H,26,29). The first-order valence-corrected chi connectivity index (χ1v) is 12.3. The van der Waals surface area contributed by atoms with E-state index in [1.54, 1.807) is 36.7 Å². The number of nitrogens with one attached hydrogen (secondary N) is 1. The van der Waals surface area contributed by atoms with E-state index in [0.717, 1.165) is 4.31 Å². The molecule has 0 saturated carbocycles. The maximum atomic E-state index is 13.7. The van der Waals surface area contributed by atoms with Crippen molar-refractivity contribution in [1.29, 1.82) is 0 Å². The van der Waals surface area contributed by atoms with Crippen LogP contribution in [0.5, 0.6) is 5.75 Å². The van der Waals surface area contributed by atoms with E-state index >= 15 is 0 Å². The largest absolute Gasteiger partial charge is 0.481 e. The van der Waals surface area contributed by atoms with E-state index in [0.29, 0.717) is 17.0 Å². The lowest BCUT2D eigenvalue weighted by molar-refractivity contribution is -0.133. The molecule has 4 rings (SSSR count). The molecule has 1 aromatic heterocycles. The molecule has 2 N–H and O–H groups in total. The Morgan fingerprint density at radius 1 is 1.17 bits per heavy atom. The molecule has 1 atom stereocenters. The van der Waals surface area contributed by atoms with Crippen LogP contribution in [0, 0.1) is 11.8 Å². The minimum atomic E-state index is -4.26. The lowest BCUT2D eigenvalue weighted by Crippen LogP contribution is -2.53. The molecule has 2 heterocycles. The number of carbonyl (C=O) groups excluding carboxylic acids is 2. The number of hydrogen-bond donors (Lipinski definition) is 2. The Balaban J connectivity index is 1.74. The first-order valence-electron chi connectivity index (χ1n) is 10.9. The SMILES string of the molecule is CC#CCOc1ccc(S(=O)(=O)N2Cc3ccccc3N(C(=O)c3ccoc3)CC2C(=O)NO)cc1. The van der Waals surface area contributed by atoms with E-state index in [-0.39, 0.29) is 30.2 Å². The molecule has 1 aliphatic rings. The predicted molar refractivity (Wildman–Crippen MR) is 129 cm³/mol. The minimum absolute atomic E-state index is 0.0840. The number of fused-ring (bicyclic) bond motifs is 1. The molecule has 11 heteroatoms. The first kappa shape index (κ1) is 25.0. The van der Waals surface area contributed by atoms with Gasteiger partial charge in [0.1, 0.15) is 24.7 Å². The molecule has 0 fully saturated rings. The predicted octanol–water partition coefficient (Wildman–Crippen LogP) is 2.41. The van der Waals surface area contributed by atoms with Crippen molar-refractivity contribution in [3.05, 3.63) is 78.3 Å². The molecule has 2 amide bonds. The van der Waals surface area contributed by atoms with E-state index in [1.165, 1.54) is 47.8 Å². The maximum absolute atomic E-state index is 13.7. The third-order valence-electron chi connectivity index (χ3n) is 5.66. The van der Waals surface area contributed by atoms with Gasteiger partial charge in [-0.3, -0.25) is 14.8 Å². The summed E-state index contributed by atoms with van der Waals surface area (Å²) in [5, 5.41) is 9.43. The Hall–Kier alpha value is -4.11.